The molecule has 1 N–H and O–H groups in total. The zero-order valence-electron chi connectivity index (χ0n) is 15.9. The molecule has 0 rings (SSSR count). The van der Waals surface area contributed by atoms with Crippen LogP contribution < -0.4 is 0 Å². The predicted molar refractivity (Wildman–Crippen MR) is 104 cm³/mol. The van der Waals surface area contributed by atoms with E-state index < -0.39 is 11.1 Å². The van der Waals surface area contributed by atoms with E-state index in [1.807, 2.05) is 0 Å². The number of unbranched alkanes of at least 4 members (excludes halogenated alkanes) is 14. The molecule has 0 radical (unpaired) electrons. The van der Waals surface area contributed by atoms with Crippen molar-refractivity contribution in [3.63, 3.8) is 0 Å². The van der Waals surface area contributed by atoms with Crippen LogP contribution in [0.15, 0.2) is 0 Å². The Bertz CT molecular complexity index is 256. The maximum Gasteiger partial charge on any atom is 0.153 e. The van der Waals surface area contributed by atoms with Crippen molar-refractivity contribution < 1.29 is 8.76 Å². The van der Waals surface area contributed by atoms with E-state index in [-0.39, 0.29) is 0 Å². The van der Waals surface area contributed by atoms with Gasteiger partial charge >= 0.3 is 0 Å². The zero-order valence-corrected chi connectivity index (χ0v) is 16.7. The Balaban J connectivity index is 3.06. The molecule has 0 saturated carbocycles. The summed E-state index contributed by atoms with van der Waals surface area (Å²) < 4.78 is 19.5. The first-order valence-electron chi connectivity index (χ1n) is 10.2. The lowest BCUT2D eigenvalue weighted by Crippen LogP contribution is -2.06. The van der Waals surface area contributed by atoms with Gasteiger partial charge in [0.15, 0.2) is 11.1 Å². The lowest BCUT2D eigenvalue weighted by molar-refractivity contribution is 0.491. The average Bonchev–Trinajstić information content (AvgIpc) is 2.50. The van der Waals surface area contributed by atoms with Gasteiger partial charge in [-0.15, -0.1) is 0 Å². The Morgan fingerprint density at radius 2 is 1.04 bits per heavy atom. The molecule has 0 heterocycles. The van der Waals surface area contributed by atoms with Gasteiger partial charge in [0.25, 0.3) is 0 Å². The standard InChI is InChI=1S/C20H42O2S/c1-3-4-5-6-7-8-9-10-11-12-13-14-15-16-17-18-20(2)19-23(21)22/h20H,3-19H2,1-2H3,(H,21,22). The maximum absolute atomic E-state index is 10.7. The molecule has 0 fully saturated rings. The molecule has 2 unspecified atom stereocenters. The molecule has 140 valence electrons. The van der Waals surface area contributed by atoms with Crippen LogP contribution in [0.3, 0.4) is 0 Å². The molecule has 0 aliphatic rings. The highest BCUT2D eigenvalue weighted by Gasteiger charge is 2.05. The molecular formula is C20H42O2S. The van der Waals surface area contributed by atoms with Crippen LogP contribution in [0.25, 0.3) is 0 Å². The quantitative estimate of drug-likeness (QED) is 0.212. The zero-order chi connectivity index (χ0) is 17.2. The van der Waals surface area contributed by atoms with Gasteiger partial charge in [-0.05, 0) is 12.3 Å². The van der Waals surface area contributed by atoms with Crippen molar-refractivity contribution in [2.24, 2.45) is 5.92 Å². The fraction of sp³-hybridized carbons (Fsp3) is 1.00. The van der Waals surface area contributed by atoms with E-state index >= 15 is 0 Å². The first-order chi connectivity index (χ1) is 11.2. The predicted octanol–water partition coefficient (Wildman–Crippen LogP) is 7.11. The lowest BCUT2D eigenvalue weighted by atomic mass is 10.0. The van der Waals surface area contributed by atoms with Gasteiger partial charge in [-0.1, -0.05) is 110 Å². The normalized spacial score (nSPS) is 14.0. The van der Waals surface area contributed by atoms with Crippen LogP contribution in [0.5, 0.6) is 0 Å². The van der Waals surface area contributed by atoms with Gasteiger partial charge in [0.1, 0.15) is 0 Å². The Morgan fingerprint density at radius 3 is 1.39 bits per heavy atom. The molecule has 0 bridgehead atoms. The summed E-state index contributed by atoms with van der Waals surface area (Å²) in [5.41, 5.74) is 0. The third-order valence-electron chi connectivity index (χ3n) is 4.73. The largest absolute Gasteiger partial charge is 0.306 e. The summed E-state index contributed by atoms with van der Waals surface area (Å²) in [5.74, 6) is 0.835. The summed E-state index contributed by atoms with van der Waals surface area (Å²) in [7, 11) is 0. The van der Waals surface area contributed by atoms with Crippen molar-refractivity contribution in [1.29, 1.82) is 0 Å². The van der Waals surface area contributed by atoms with E-state index in [2.05, 4.69) is 13.8 Å². The topological polar surface area (TPSA) is 37.3 Å². The summed E-state index contributed by atoms with van der Waals surface area (Å²) in [6, 6.07) is 0. The van der Waals surface area contributed by atoms with Crippen molar-refractivity contribution in [2.45, 2.75) is 117 Å². The Labute approximate surface area is 148 Å². The summed E-state index contributed by atoms with van der Waals surface area (Å²) in [5, 5.41) is 0. The van der Waals surface area contributed by atoms with Gasteiger partial charge in [-0.25, -0.2) is 4.21 Å². The maximum atomic E-state index is 10.7. The molecule has 2 atom stereocenters. The van der Waals surface area contributed by atoms with Gasteiger partial charge in [0.2, 0.25) is 0 Å². The molecular weight excluding hydrogens is 304 g/mol. The van der Waals surface area contributed by atoms with Crippen LogP contribution >= 0.6 is 0 Å². The summed E-state index contributed by atoms with van der Waals surface area (Å²) in [6.45, 7) is 4.36. The van der Waals surface area contributed by atoms with Gasteiger partial charge in [0.05, 0.1) is 5.75 Å². The fourth-order valence-corrected chi connectivity index (χ4v) is 3.84. The number of hydrogen-bond donors (Lipinski definition) is 1. The third kappa shape index (κ3) is 20.1. The molecule has 23 heavy (non-hydrogen) atoms. The highest BCUT2D eigenvalue weighted by atomic mass is 32.2. The Morgan fingerprint density at radius 1 is 0.696 bits per heavy atom. The van der Waals surface area contributed by atoms with Crippen molar-refractivity contribution in [3.05, 3.63) is 0 Å². The SMILES string of the molecule is CCCCCCCCCCCCCCCCCC(C)CS(=O)O. The van der Waals surface area contributed by atoms with E-state index in [9.17, 15) is 4.21 Å². The second-order valence-electron chi connectivity index (χ2n) is 7.33. The minimum atomic E-state index is -1.61. The molecule has 2 nitrogen and oxygen atoms in total. The molecule has 0 aliphatic heterocycles. The van der Waals surface area contributed by atoms with E-state index in [0.717, 1.165) is 6.42 Å². The summed E-state index contributed by atoms with van der Waals surface area (Å²) >= 11 is -1.61. The molecule has 0 amide bonds. The minimum Gasteiger partial charge on any atom is -0.306 e. The fourth-order valence-electron chi connectivity index (χ4n) is 3.19. The van der Waals surface area contributed by atoms with E-state index in [4.69, 9.17) is 4.55 Å². The molecule has 0 aromatic heterocycles. The number of rotatable bonds is 18. The molecule has 0 saturated heterocycles. The van der Waals surface area contributed by atoms with Crippen LogP contribution in [0.1, 0.15) is 117 Å². The highest BCUT2D eigenvalue weighted by molar-refractivity contribution is 7.79. The third-order valence-corrected chi connectivity index (χ3v) is 5.58. The second kappa shape index (κ2) is 18.4. The lowest BCUT2D eigenvalue weighted by Gasteiger charge is -2.08. The molecule has 3 heteroatoms. The Kier molecular flexibility index (Phi) is 18.5. The first kappa shape index (κ1) is 23.1. The monoisotopic (exact) mass is 346 g/mol. The second-order valence-corrected chi connectivity index (χ2v) is 8.31. The van der Waals surface area contributed by atoms with E-state index in [1.54, 1.807) is 0 Å². The van der Waals surface area contributed by atoms with Crippen molar-refractivity contribution in [2.75, 3.05) is 5.75 Å². The number of hydrogen-bond acceptors (Lipinski definition) is 1. The van der Waals surface area contributed by atoms with Crippen molar-refractivity contribution in [3.8, 4) is 0 Å². The average molecular weight is 347 g/mol. The molecule has 0 spiro atoms. The summed E-state index contributed by atoms with van der Waals surface area (Å²) in [4.78, 5) is 0. The van der Waals surface area contributed by atoms with Gasteiger partial charge in [0, 0.05) is 0 Å². The molecule has 0 aromatic rings. The van der Waals surface area contributed by atoms with Crippen molar-refractivity contribution >= 4 is 11.1 Å². The van der Waals surface area contributed by atoms with Crippen LogP contribution in [-0.2, 0) is 11.1 Å². The van der Waals surface area contributed by atoms with Crippen LogP contribution in [0.2, 0.25) is 0 Å². The van der Waals surface area contributed by atoms with Crippen molar-refractivity contribution in [1.82, 2.24) is 0 Å². The first-order valence-corrected chi connectivity index (χ1v) is 11.5. The van der Waals surface area contributed by atoms with Crippen LogP contribution in [0, 0.1) is 5.92 Å². The van der Waals surface area contributed by atoms with E-state index in [0.29, 0.717) is 11.7 Å². The highest BCUT2D eigenvalue weighted by Crippen LogP contribution is 2.15. The van der Waals surface area contributed by atoms with Crippen LogP contribution in [-0.4, -0.2) is 14.5 Å². The van der Waals surface area contributed by atoms with Gasteiger partial charge in [-0.3, -0.25) is 0 Å². The molecule has 0 aliphatic carbocycles. The summed E-state index contributed by atoms with van der Waals surface area (Å²) in [6.07, 6.45) is 22.0. The van der Waals surface area contributed by atoms with Crippen LogP contribution in [0.4, 0.5) is 0 Å². The molecule has 0 aromatic carbocycles. The van der Waals surface area contributed by atoms with Gasteiger partial charge < -0.3 is 4.55 Å². The van der Waals surface area contributed by atoms with E-state index in [1.165, 1.54) is 96.3 Å². The van der Waals surface area contributed by atoms with Gasteiger partial charge in [-0.2, -0.15) is 0 Å². The minimum absolute atomic E-state index is 0.391. The smallest absolute Gasteiger partial charge is 0.153 e. The Hall–Kier alpha value is 0.110.